The Bertz CT molecular complexity index is 1320. The quantitative estimate of drug-likeness (QED) is 0.399. The molecular weight excluding hydrogens is 461 g/mol. The van der Waals surface area contributed by atoms with Gasteiger partial charge >= 0.3 is 0 Å². The number of fused-ring (bicyclic) bond motifs is 1. The fraction of sp³-hybridized carbons (Fsp3) is 0.480. The molecule has 9 nitrogen and oxygen atoms in total. The lowest BCUT2D eigenvalue weighted by atomic mass is 10.2. The summed E-state index contributed by atoms with van der Waals surface area (Å²) in [4.78, 5) is 14.8. The highest BCUT2D eigenvalue weighted by Gasteiger charge is 2.37. The van der Waals surface area contributed by atoms with Crippen molar-refractivity contribution in [1.29, 1.82) is 5.26 Å². The zero-order valence-corrected chi connectivity index (χ0v) is 21.4. The van der Waals surface area contributed by atoms with Gasteiger partial charge in [0.1, 0.15) is 30.4 Å². The number of nitrogens with zero attached hydrogens (tertiary/aromatic N) is 4. The van der Waals surface area contributed by atoms with Gasteiger partial charge in [-0.05, 0) is 44.4 Å². The van der Waals surface area contributed by atoms with E-state index in [0.29, 0.717) is 45.8 Å². The number of anilines is 3. The third kappa shape index (κ3) is 4.73. The van der Waals surface area contributed by atoms with Crippen molar-refractivity contribution in [2.45, 2.75) is 45.2 Å². The van der Waals surface area contributed by atoms with Gasteiger partial charge in [-0.2, -0.15) is 15.2 Å². The van der Waals surface area contributed by atoms with Crippen LogP contribution in [0.1, 0.15) is 38.7 Å². The van der Waals surface area contributed by atoms with Gasteiger partial charge in [0.05, 0.1) is 23.7 Å². The van der Waals surface area contributed by atoms with Gasteiger partial charge in [-0.1, -0.05) is 6.92 Å². The zero-order valence-electron chi connectivity index (χ0n) is 20.5. The Labute approximate surface area is 205 Å². The second-order valence-corrected chi connectivity index (χ2v) is 12.7. The van der Waals surface area contributed by atoms with Crippen LogP contribution in [0.2, 0.25) is 0 Å². The molecule has 1 aliphatic carbocycles. The number of benzene rings is 1. The molecule has 2 fully saturated rings. The summed E-state index contributed by atoms with van der Waals surface area (Å²) in [7, 11) is -0.833. The first-order valence-corrected chi connectivity index (χ1v) is 14.4. The molecule has 2 aromatic heterocycles. The van der Waals surface area contributed by atoms with E-state index in [-0.39, 0.29) is 6.04 Å². The average molecular weight is 494 g/mol. The first kappa shape index (κ1) is 23.7. The number of hydrogen-bond acceptors (Lipinski definition) is 8. The molecule has 1 saturated heterocycles. The number of nitrogens with one attached hydrogen (secondary N) is 3. The number of aromatic nitrogens is 3. The molecule has 1 aromatic carbocycles. The molecule has 35 heavy (non-hydrogen) atoms. The van der Waals surface area contributed by atoms with Crippen LogP contribution in [0.25, 0.3) is 11.0 Å². The third-order valence-electron chi connectivity index (χ3n) is 7.11. The first-order chi connectivity index (χ1) is 16.9. The van der Waals surface area contributed by atoms with Crippen LogP contribution in [0, 0.1) is 11.3 Å². The van der Waals surface area contributed by atoms with E-state index in [2.05, 4.69) is 50.4 Å². The highest BCUT2D eigenvalue weighted by atomic mass is 31.2. The molecule has 0 unspecified atom stereocenters. The van der Waals surface area contributed by atoms with Gasteiger partial charge in [0.25, 0.3) is 0 Å². The fourth-order valence-corrected chi connectivity index (χ4v) is 7.24. The van der Waals surface area contributed by atoms with Crippen LogP contribution >= 0.6 is 7.14 Å². The van der Waals surface area contributed by atoms with Gasteiger partial charge in [0.15, 0.2) is 0 Å². The summed E-state index contributed by atoms with van der Waals surface area (Å²) in [6.45, 7) is 5.97. The molecule has 2 aliphatic rings. The summed E-state index contributed by atoms with van der Waals surface area (Å²) in [5.74, 6) is 1.59. The Kier molecular flexibility index (Phi) is 6.43. The molecule has 3 aromatic rings. The molecule has 1 aliphatic heterocycles. The fourth-order valence-electron chi connectivity index (χ4n) is 4.64. The zero-order chi connectivity index (χ0) is 24.6. The number of nitriles is 1. The Morgan fingerprint density at radius 2 is 2.09 bits per heavy atom. The Balaban J connectivity index is 1.42. The largest absolute Gasteiger partial charge is 0.495 e. The smallest absolute Gasteiger partial charge is 0.231 e. The van der Waals surface area contributed by atoms with E-state index < -0.39 is 7.14 Å². The lowest BCUT2D eigenvalue weighted by molar-refractivity contribution is 0.285. The number of aromatic amines is 1. The third-order valence-corrected chi connectivity index (χ3v) is 10.2. The predicted octanol–water partition coefficient (Wildman–Crippen LogP) is 4.26. The van der Waals surface area contributed by atoms with Crippen molar-refractivity contribution in [3.05, 3.63) is 30.0 Å². The van der Waals surface area contributed by atoms with Crippen LogP contribution in [0.15, 0.2) is 24.4 Å². The van der Waals surface area contributed by atoms with Gasteiger partial charge < -0.3 is 24.9 Å². The molecule has 5 rings (SSSR count). The van der Waals surface area contributed by atoms with Crippen LogP contribution in [0.3, 0.4) is 0 Å². The number of methoxy groups -OCH3 is 1. The van der Waals surface area contributed by atoms with Crippen molar-refractivity contribution in [2.75, 3.05) is 43.2 Å². The molecule has 0 radical (unpaired) electrons. The number of ether oxygens (including phenoxy) is 1. The lowest BCUT2D eigenvalue weighted by Crippen LogP contribution is -2.38. The van der Waals surface area contributed by atoms with Crippen molar-refractivity contribution in [3.8, 4) is 11.8 Å². The summed E-state index contributed by atoms with van der Waals surface area (Å²) in [6, 6.07) is 8.83. The minimum Gasteiger partial charge on any atom is -0.495 e. The van der Waals surface area contributed by atoms with E-state index in [0.717, 1.165) is 37.1 Å². The summed E-state index contributed by atoms with van der Waals surface area (Å²) < 4.78 is 19.4. The van der Waals surface area contributed by atoms with Crippen LogP contribution < -0.4 is 20.7 Å². The predicted molar refractivity (Wildman–Crippen MR) is 140 cm³/mol. The topological polar surface area (TPSA) is 119 Å². The van der Waals surface area contributed by atoms with Gasteiger partial charge in [-0.25, -0.2) is 0 Å². The minimum atomic E-state index is -2.44. The van der Waals surface area contributed by atoms with Gasteiger partial charge in [-0.3, -0.25) is 4.90 Å². The minimum absolute atomic E-state index is 0.180. The number of rotatable bonds is 8. The average Bonchev–Trinajstić information content (AvgIpc) is 3.63. The van der Waals surface area contributed by atoms with Gasteiger partial charge in [-0.15, -0.1) is 0 Å². The molecular formula is C25H32N7O2P. The SMILES string of the molecule is CC[C@@H](C)Nc1nc(Nc2ccc(P3(=O)CCN(C4CC4)CC3)cc2OC)nc2[nH]cc(C#N)c12. The lowest BCUT2D eigenvalue weighted by Gasteiger charge is -2.32. The van der Waals surface area contributed by atoms with E-state index in [4.69, 9.17) is 4.74 Å². The van der Waals surface area contributed by atoms with E-state index in [1.165, 1.54) is 12.8 Å². The summed E-state index contributed by atoms with van der Waals surface area (Å²) in [5.41, 5.74) is 1.77. The maximum Gasteiger partial charge on any atom is 0.231 e. The van der Waals surface area contributed by atoms with E-state index >= 15 is 0 Å². The molecule has 0 bridgehead atoms. The Hall–Kier alpha value is -3.08. The highest BCUT2D eigenvalue weighted by Crippen LogP contribution is 2.49. The van der Waals surface area contributed by atoms with Crippen molar-refractivity contribution in [1.82, 2.24) is 19.9 Å². The van der Waals surface area contributed by atoms with Crippen LogP contribution in [0.4, 0.5) is 17.5 Å². The molecule has 184 valence electrons. The summed E-state index contributed by atoms with van der Waals surface area (Å²) >= 11 is 0. The van der Waals surface area contributed by atoms with Crippen molar-refractivity contribution >= 4 is 40.9 Å². The molecule has 1 saturated carbocycles. The molecule has 10 heteroatoms. The van der Waals surface area contributed by atoms with Crippen molar-refractivity contribution < 1.29 is 9.30 Å². The highest BCUT2D eigenvalue weighted by molar-refractivity contribution is 7.71. The monoisotopic (exact) mass is 493 g/mol. The van der Waals surface area contributed by atoms with Crippen LogP contribution in [-0.4, -0.2) is 64.5 Å². The number of H-pyrrole nitrogens is 1. The Morgan fingerprint density at radius 3 is 2.74 bits per heavy atom. The number of hydrogen-bond donors (Lipinski definition) is 3. The molecule has 0 amide bonds. The van der Waals surface area contributed by atoms with Crippen LogP contribution in [0.5, 0.6) is 5.75 Å². The van der Waals surface area contributed by atoms with Crippen LogP contribution in [-0.2, 0) is 4.57 Å². The summed E-state index contributed by atoms with van der Waals surface area (Å²) in [5, 5.41) is 17.7. The molecule has 3 N–H and O–H groups in total. The maximum absolute atomic E-state index is 13.7. The summed E-state index contributed by atoms with van der Waals surface area (Å²) in [6.07, 6.45) is 6.55. The van der Waals surface area contributed by atoms with Gasteiger partial charge in [0.2, 0.25) is 5.95 Å². The van der Waals surface area contributed by atoms with Gasteiger partial charge in [0, 0.05) is 49.0 Å². The van der Waals surface area contributed by atoms with E-state index in [1.54, 1.807) is 13.3 Å². The normalized spacial score (nSPS) is 18.7. The van der Waals surface area contributed by atoms with E-state index in [9.17, 15) is 9.83 Å². The standard InChI is InChI=1S/C25H32N7O2P/c1-4-16(2)28-24-22-17(14-26)15-27-23(22)30-25(31-24)29-20-8-7-19(13-21(20)34-3)35(33)11-9-32(10-12-35)18-5-6-18/h7-8,13,15-16,18H,4-6,9-12H2,1-3H3,(H3,27,28,29,30,31)/t16-/m1/s1. The second-order valence-electron chi connectivity index (χ2n) is 9.50. The molecule has 1 atom stereocenters. The molecule has 3 heterocycles. The van der Waals surface area contributed by atoms with Crippen molar-refractivity contribution in [3.63, 3.8) is 0 Å². The maximum atomic E-state index is 13.7. The Morgan fingerprint density at radius 1 is 1.31 bits per heavy atom. The first-order valence-electron chi connectivity index (χ1n) is 12.3. The van der Waals surface area contributed by atoms with E-state index in [1.807, 2.05) is 18.2 Å². The molecule has 0 spiro atoms. The van der Waals surface area contributed by atoms with Crippen molar-refractivity contribution in [2.24, 2.45) is 0 Å². The second kappa shape index (κ2) is 9.52.